The number of rotatable bonds is 4. The Kier molecular flexibility index (Phi) is 10.1. The number of hydrogen-bond acceptors (Lipinski definition) is 1. The molecular formula is C8H6I7N-2. The maximum absolute atomic E-state index is 6.24. The monoisotopic (exact) mass is 1000 g/mol. The van der Waals surface area contributed by atoms with Gasteiger partial charge >= 0.3 is 174 Å². The molecule has 1 aromatic carbocycles. The second-order valence-corrected chi connectivity index (χ2v) is 22.9. The van der Waals surface area contributed by atoms with E-state index in [1.807, 2.05) is 0 Å². The van der Waals surface area contributed by atoms with E-state index in [-0.39, 0.29) is 68.0 Å². The second-order valence-electron chi connectivity index (χ2n) is 2.33. The zero-order valence-electron chi connectivity index (χ0n) is 7.64. The van der Waals surface area contributed by atoms with Crippen LogP contribution < -0.4 is 40.2 Å². The van der Waals surface area contributed by atoms with Crippen LogP contribution in [0.25, 0.3) is 0 Å². The van der Waals surface area contributed by atoms with E-state index in [0.29, 0.717) is 0 Å². The Labute approximate surface area is 169 Å². The number of nitrogen functional groups attached to an aromatic ring is 1. The number of anilines is 1. The van der Waals surface area contributed by atoms with Gasteiger partial charge in [-0.3, -0.25) is 0 Å². The van der Waals surface area contributed by atoms with Crippen molar-refractivity contribution in [2.24, 2.45) is 0 Å². The molecule has 0 fully saturated rings. The van der Waals surface area contributed by atoms with Crippen LogP contribution in [0, 0.1) is 17.9 Å². The average molecular weight is 1000 g/mol. The van der Waals surface area contributed by atoms with Crippen molar-refractivity contribution >= 4 is 116 Å². The van der Waals surface area contributed by atoms with Crippen molar-refractivity contribution < 1.29 is 34.5 Å². The Bertz CT molecular complexity index is 405. The normalized spacial score (nSPS) is 11.2. The fraction of sp³-hybridized carbons (Fsp3) is 0. The van der Waals surface area contributed by atoms with Gasteiger partial charge in [-0.05, 0) is 0 Å². The number of hydrogen-bond donors (Lipinski definition) is 1. The van der Waals surface area contributed by atoms with Crippen LogP contribution in [0.15, 0.2) is 0 Å². The van der Waals surface area contributed by atoms with Gasteiger partial charge in [0.15, 0.2) is 0 Å². The topological polar surface area (TPSA) is 26.0 Å². The van der Waals surface area contributed by atoms with Gasteiger partial charge in [0.2, 0.25) is 0 Å². The molecule has 1 aromatic rings. The van der Waals surface area contributed by atoms with E-state index in [9.17, 15) is 0 Å². The fourth-order valence-electron chi connectivity index (χ4n) is 0.855. The van der Waals surface area contributed by atoms with Gasteiger partial charge in [-0.2, -0.15) is 0 Å². The molecule has 8 heteroatoms. The first-order chi connectivity index (χ1) is 7.54. The van der Waals surface area contributed by atoms with E-state index in [0.717, 1.165) is 5.69 Å². The van der Waals surface area contributed by atoms with Gasteiger partial charge in [-0.15, -0.1) is 0 Å². The molecule has 0 atom stereocenters. The molecule has 0 aliphatic carbocycles. The first kappa shape index (κ1) is 17.9. The summed E-state index contributed by atoms with van der Waals surface area (Å²) in [5.41, 5.74) is 7.28. The minimum atomic E-state index is 0.0964. The maximum atomic E-state index is 6.24. The van der Waals surface area contributed by atoms with Crippen LogP contribution in [0.2, 0.25) is 0 Å². The molecule has 16 heavy (non-hydrogen) atoms. The summed E-state index contributed by atoms with van der Waals surface area (Å²) in [5.74, 6) is 0. The van der Waals surface area contributed by atoms with Crippen molar-refractivity contribution in [2.75, 3.05) is 5.73 Å². The number of benzene rings is 1. The Hall–Kier alpha value is 3.87. The summed E-state index contributed by atoms with van der Waals surface area (Å²) in [6.07, 6.45) is 0. The molecule has 0 spiro atoms. The van der Waals surface area contributed by atoms with Gasteiger partial charge in [0, 0.05) is 0 Å². The van der Waals surface area contributed by atoms with E-state index in [1.165, 1.54) is 14.3 Å². The quantitative estimate of drug-likeness (QED) is 0.165. The molecule has 2 N–H and O–H groups in total. The van der Waals surface area contributed by atoms with E-state index in [4.69, 9.17) is 5.73 Å². The molecule has 1 rings (SSSR count). The third-order valence-corrected chi connectivity index (χ3v) is 21.8. The van der Waals surface area contributed by atoms with Crippen LogP contribution in [-0.2, 0) is 0 Å². The summed E-state index contributed by atoms with van der Waals surface area (Å²) in [4.78, 5) is 0. The fourth-order valence-corrected chi connectivity index (χ4v) is 26.3. The molecule has 0 saturated heterocycles. The third-order valence-electron chi connectivity index (χ3n) is 1.49. The van der Waals surface area contributed by atoms with Gasteiger partial charge in [0.25, 0.3) is 0 Å². The Morgan fingerprint density at radius 1 is 0.875 bits per heavy atom. The summed E-state index contributed by atoms with van der Waals surface area (Å²) in [6.45, 7) is 0. The zero-order chi connectivity index (χ0) is 12.3. The van der Waals surface area contributed by atoms with Crippen molar-refractivity contribution in [3.63, 3.8) is 0 Å². The molecule has 0 amide bonds. The Balaban J connectivity index is 3.50. The van der Waals surface area contributed by atoms with Crippen LogP contribution in [0.3, 0.4) is 0 Å². The predicted octanol–water partition coefficient (Wildman–Crippen LogP) is -1.76. The second kappa shape index (κ2) is 9.00. The molecule has 0 unspecified atom stereocenters. The molecule has 0 radical (unpaired) electrons. The zero-order valence-corrected chi connectivity index (χ0v) is 22.7. The molecule has 1 nitrogen and oxygen atoms in total. The van der Waals surface area contributed by atoms with Gasteiger partial charge in [0.05, 0.1) is 0 Å². The van der Waals surface area contributed by atoms with E-state index < -0.39 is 0 Å². The van der Waals surface area contributed by atoms with Crippen molar-refractivity contribution in [1.82, 2.24) is 0 Å². The third kappa shape index (κ3) is 4.43. The Morgan fingerprint density at radius 3 is 1.88 bits per heavy atom. The first-order valence-corrected chi connectivity index (χ1v) is 24.6. The van der Waals surface area contributed by atoms with E-state index in [1.54, 1.807) is 3.57 Å². The van der Waals surface area contributed by atoms with Crippen LogP contribution in [0.5, 0.6) is 0 Å². The summed E-state index contributed by atoms with van der Waals surface area (Å²) < 4.78 is 15.4. The molecule has 0 aliphatic heterocycles. The van der Waals surface area contributed by atoms with E-state index >= 15 is 0 Å². The van der Waals surface area contributed by atoms with Gasteiger partial charge in [-0.25, -0.2) is 0 Å². The van der Waals surface area contributed by atoms with Gasteiger partial charge < -0.3 is 0 Å². The summed E-state index contributed by atoms with van der Waals surface area (Å²) in [5, 5.41) is 0. The molecule has 0 aliphatic rings. The molecular weight excluding hydrogens is 998 g/mol. The SMILES string of the molecule is C=I[I-]c1c(N)c(I)c(I)c([I-]I=C)c1I. The Morgan fingerprint density at radius 2 is 1.38 bits per heavy atom. The molecule has 0 heterocycles. The number of nitrogens with two attached hydrogens (primary N) is 1. The van der Waals surface area contributed by atoms with Gasteiger partial charge in [0.1, 0.15) is 0 Å². The van der Waals surface area contributed by atoms with Crippen molar-refractivity contribution in [3.05, 3.63) is 17.9 Å². The van der Waals surface area contributed by atoms with E-state index in [2.05, 4.69) is 76.8 Å². The summed E-state index contributed by atoms with van der Waals surface area (Å²) in [7, 11) is 0. The van der Waals surface area contributed by atoms with Crippen LogP contribution in [0.1, 0.15) is 0 Å². The van der Waals surface area contributed by atoms with Gasteiger partial charge in [-0.1, -0.05) is 0 Å². The standard InChI is InChI=1S/C8H6I7N/c1-12-14-6-3(9)4(10)8(16)7(5(6)11)15-13-2/h1-2,16H2/q-2. The average Bonchev–Trinajstić information content (AvgIpc) is 2.28. The van der Waals surface area contributed by atoms with Crippen molar-refractivity contribution in [1.29, 1.82) is 0 Å². The minimum absolute atomic E-state index is 0.0964. The molecule has 0 aromatic heterocycles. The summed E-state index contributed by atoms with van der Waals surface area (Å²) in [6, 6.07) is 0. The summed E-state index contributed by atoms with van der Waals surface area (Å²) >= 11 is 7.90. The van der Waals surface area contributed by atoms with Crippen LogP contribution in [0.4, 0.5) is 5.69 Å². The molecule has 0 bridgehead atoms. The van der Waals surface area contributed by atoms with Crippen molar-refractivity contribution in [3.8, 4) is 0 Å². The predicted molar refractivity (Wildman–Crippen MR) is 109 cm³/mol. The van der Waals surface area contributed by atoms with Crippen molar-refractivity contribution in [2.45, 2.75) is 0 Å². The van der Waals surface area contributed by atoms with Crippen LogP contribution in [-0.4, -0.2) is 9.03 Å². The molecule has 94 valence electrons. The first-order valence-electron chi connectivity index (χ1n) is 3.55. The molecule has 0 saturated carbocycles. The van der Waals surface area contributed by atoms with Crippen LogP contribution >= 0.6 is 101 Å². The number of halogens is 7.